The molecule has 4 amide bonds. The molecule has 4 rings (SSSR count). The van der Waals surface area contributed by atoms with E-state index < -0.39 is 29.7 Å². The molecular weight excluding hydrogens is 572 g/mol. The van der Waals surface area contributed by atoms with Crippen molar-refractivity contribution in [3.05, 3.63) is 95.6 Å². The Bertz CT molecular complexity index is 1420. The first kappa shape index (κ1) is 33.0. The van der Waals surface area contributed by atoms with Crippen molar-refractivity contribution >= 4 is 24.0 Å². The number of alkyl carbamates (subject to hydrolysis) is 2. The zero-order chi connectivity index (χ0) is 32.2. The summed E-state index contributed by atoms with van der Waals surface area (Å²) in [4.78, 5) is 49.9. The first-order chi connectivity index (χ1) is 21.6. The average Bonchev–Trinajstić information content (AvgIpc) is 3.33. The van der Waals surface area contributed by atoms with Gasteiger partial charge in [-0.05, 0) is 61.4 Å². The summed E-state index contributed by atoms with van der Waals surface area (Å²) in [6.07, 6.45) is 1.15. The molecule has 10 heteroatoms. The van der Waals surface area contributed by atoms with Crippen molar-refractivity contribution in [3.63, 3.8) is 0 Å². The Kier molecular flexibility index (Phi) is 11.6. The monoisotopic (exact) mass is 614 g/mol. The molecule has 0 unspecified atom stereocenters. The van der Waals surface area contributed by atoms with Crippen LogP contribution in [0.2, 0.25) is 0 Å². The molecule has 0 radical (unpaired) electrons. The molecule has 238 valence electrons. The molecule has 0 saturated heterocycles. The van der Waals surface area contributed by atoms with Crippen molar-refractivity contribution in [1.29, 1.82) is 0 Å². The largest absolute Gasteiger partial charge is 0.449 e. The van der Waals surface area contributed by atoms with Crippen molar-refractivity contribution < 1.29 is 28.7 Å². The van der Waals surface area contributed by atoms with Crippen LogP contribution >= 0.6 is 0 Å². The molecule has 1 aliphatic rings. The van der Waals surface area contributed by atoms with Crippen LogP contribution in [0, 0.1) is 0 Å². The second-order valence-electron chi connectivity index (χ2n) is 12.0. The Morgan fingerprint density at radius 2 is 1.38 bits per heavy atom. The number of hydrazine groups is 1. The number of unbranched alkanes of at least 4 members (excludes halogenated alkanes) is 2. The molecule has 1 aliphatic carbocycles. The Balaban J connectivity index is 1.12. The van der Waals surface area contributed by atoms with Gasteiger partial charge < -0.3 is 20.1 Å². The molecule has 1 atom stereocenters. The zero-order valence-electron chi connectivity index (χ0n) is 26.1. The quantitative estimate of drug-likeness (QED) is 0.160. The van der Waals surface area contributed by atoms with Gasteiger partial charge in [-0.3, -0.25) is 20.4 Å². The Hall–Kier alpha value is -4.86. The van der Waals surface area contributed by atoms with Gasteiger partial charge in [0.05, 0.1) is 0 Å². The summed E-state index contributed by atoms with van der Waals surface area (Å²) in [6.45, 7) is 5.88. The number of rotatable bonds is 12. The first-order valence-electron chi connectivity index (χ1n) is 15.3. The maximum Gasteiger partial charge on any atom is 0.408 e. The fraction of sp³-hybridized carbons (Fsp3) is 0.371. The fourth-order valence-corrected chi connectivity index (χ4v) is 5.22. The molecular formula is C35H42N4O6. The third-order valence-corrected chi connectivity index (χ3v) is 7.31. The summed E-state index contributed by atoms with van der Waals surface area (Å²) in [5, 5.41) is 5.37. The summed E-state index contributed by atoms with van der Waals surface area (Å²) in [5.74, 6) is -0.919. The minimum Gasteiger partial charge on any atom is -0.449 e. The summed E-state index contributed by atoms with van der Waals surface area (Å²) in [7, 11) is 0. The lowest BCUT2D eigenvalue weighted by Gasteiger charge is -2.23. The van der Waals surface area contributed by atoms with Gasteiger partial charge in [0.15, 0.2) is 0 Å². The van der Waals surface area contributed by atoms with Crippen LogP contribution < -0.4 is 21.5 Å². The van der Waals surface area contributed by atoms with Crippen LogP contribution in [-0.2, 0) is 25.5 Å². The lowest BCUT2D eigenvalue weighted by molar-refractivity contribution is -0.130. The zero-order valence-corrected chi connectivity index (χ0v) is 26.1. The maximum atomic E-state index is 12.8. The van der Waals surface area contributed by atoms with E-state index in [0.717, 1.165) is 16.7 Å². The van der Waals surface area contributed by atoms with E-state index in [1.807, 2.05) is 54.6 Å². The van der Waals surface area contributed by atoms with Gasteiger partial charge in [0, 0.05) is 25.3 Å². The van der Waals surface area contributed by atoms with Crippen LogP contribution in [0.1, 0.15) is 69.1 Å². The molecule has 0 aliphatic heterocycles. The number of amides is 4. The summed E-state index contributed by atoms with van der Waals surface area (Å²) >= 11 is 0. The van der Waals surface area contributed by atoms with Crippen LogP contribution in [0.3, 0.4) is 0 Å². The third kappa shape index (κ3) is 10.1. The highest BCUT2D eigenvalue weighted by Crippen LogP contribution is 2.44. The van der Waals surface area contributed by atoms with Gasteiger partial charge >= 0.3 is 12.2 Å². The number of benzene rings is 3. The average molecular weight is 615 g/mol. The SMILES string of the molecule is CC(C)(C)OC(=O)N[C@H](Cc1ccccc1)C(=O)NNC(=O)CCCCCNC(=O)OCC1c2ccccc2-c2ccccc21. The fourth-order valence-electron chi connectivity index (χ4n) is 5.22. The van der Waals surface area contributed by atoms with E-state index in [-0.39, 0.29) is 31.3 Å². The van der Waals surface area contributed by atoms with Crippen molar-refractivity contribution in [3.8, 4) is 11.1 Å². The van der Waals surface area contributed by atoms with Crippen LogP contribution in [0.25, 0.3) is 11.1 Å². The minimum absolute atomic E-state index is 0.00358. The molecule has 0 heterocycles. The Labute approximate surface area is 264 Å². The number of ether oxygens (including phenoxy) is 2. The minimum atomic E-state index is -0.952. The summed E-state index contributed by atoms with van der Waals surface area (Å²) in [6, 6.07) is 24.6. The normalized spacial score (nSPS) is 12.7. The van der Waals surface area contributed by atoms with E-state index >= 15 is 0 Å². The second-order valence-corrected chi connectivity index (χ2v) is 12.0. The number of fused-ring (bicyclic) bond motifs is 3. The molecule has 10 nitrogen and oxygen atoms in total. The second kappa shape index (κ2) is 15.7. The number of nitrogens with one attached hydrogen (secondary N) is 4. The smallest absolute Gasteiger partial charge is 0.408 e. The first-order valence-corrected chi connectivity index (χ1v) is 15.3. The molecule has 0 bridgehead atoms. The molecule has 0 spiro atoms. The van der Waals surface area contributed by atoms with Crippen LogP contribution in [0.15, 0.2) is 78.9 Å². The van der Waals surface area contributed by atoms with Crippen LogP contribution in [-0.4, -0.2) is 48.8 Å². The van der Waals surface area contributed by atoms with Crippen molar-refractivity contribution in [2.75, 3.05) is 13.2 Å². The van der Waals surface area contributed by atoms with Crippen molar-refractivity contribution in [2.24, 2.45) is 0 Å². The van der Waals surface area contributed by atoms with Crippen LogP contribution in [0.5, 0.6) is 0 Å². The van der Waals surface area contributed by atoms with Gasteiger partial charge in [-0.2, -0.15) is 0 Å². The number of hydrogen-bond donors (Lipinski definition) is 4. The number of carbonyl (C=O) groups excluding carboxylic acids is 4. The predicted molar refractivity (Wildman–Crippen MR) is 171 cm³/mol. The van der Waals surface area contributed by atoms with Crippen molar-refractivity contribution in [2.45, 2.75) is 70.4 Å². The molecule has 4 N–H and O–H groups in total. The van der Waals surface area contributed by atoms with Gasteiger partial charge in [-0.25, -0.2) is 9.59 Å². The highest BCUT2D eigenvalue weighted by atomic mass is 16.6. The van der Waals surface area contributed by atoms with Gasteiger partial charge in [-0.15, -0.1) is 0 Å². The number of hydrogen-bond acceptors (Lipinski definition) is 6. The van der Waals surface area contributed by atoms with Gasteiger partial charge in [0.2, 0.25) is 5.91 Å². The van der Waals surface area contributed by atoms with Gasteiger partial charge in [-0.1, -0.05) is 85.3 Å². The highest BCUT2D eigenvalue weighted by Gasteiger charge is 2.29. The molecule has 3 aromatic rings. The van der Waals surface area contributed by atoms with Gasteiger partial charge in [0.1, 0.15) is 18.2 Å². The number of carbonyl (C=O) groups is 4. The van der Waals surface area contributed by atoms with E-state index in [1.54, 1.807) is 20.8 Å². The maximum absolute atomic E-state index is 12.8. The van der Waals surface area contributed by atoms with E-state index in [4.69, 9.17) is 9.47 Å². The molecule has 3 aromatic carbocycles. The van der Waals surface area contributed by atoms with Crippen molar-refractivity contribution in [1.82, 2.24) is 21.5 Å². The summed E-state index contributed by atoms with van der Waals surface area (Å²) in [5.41, 5.74) is 9.61. The van der Waals surface area contributed by atoms with E-state index in [1.165, 1.54) is 11.1 Å². The third-order valence-electron chi connectivity index (χ3n) is 7.31. The molecule has 45 heavy (non-hydrogen) atoms. The van der Waals surface area contributed by atoms with Gasteiger partial charge in [0.25, 0.3) is 5.91 Å². The predicted octanol–water partition coefficient (Wildman–Crippen LogP) is 5.37. The topological polar surface area (TPSA) is 135 Å². The molecule has 0 saturated carbocycles. The van der Waals surface area contributed by atoms with E-state index in [2.05, 4.69) is 45.8 Å². The molecule has 0 aromatic heterocycles. The lowest BCUT2D eigenvalue weighted by atomic mass is 9.98. The van der Waals surface area contributed by atoms with Crippen LogP contribution in [0.4, 0.5) is 9.59 Å². The Morgan fingerprint density at radius 1 is 0.756 bits per heavy atom. The standard InChI is InChI=1S/C35H42N4O6/c1-35(2,3)45-34(43)37-30(22-24-14-6-4-7-15-24)32(41)39-38-31(40)20-8-5-13-21-36-33(42)44-23-29-27-18-11-9-16-25(27)26-17-10-12-19-28(26)29/h4,6-7,9-12,14-19,29-30H,5,8,13,20-23H2,1-3H3,(H,36,42)(H,37,43)(H,38,40)(H,39,41)/t30-/m1/s1. The van der Waals surface area contributed by atoms with E-state index in [9.17, 15) is 19.2 Å². The Morgan fingerprint density at radius 3 is 2.02 bits per heavy atom. The van der Waals surface area contributed by atoms with E-state index in [0.29, 0.717) is 25.8 Å². The molecule has 0 fully saturated rings. The lowest BCUT2D eigenvalue weighted by Crippen LogP contribution is -2.53. The summed E-state index contributed by atoms with van der Waals surface area (Å²) < 4.78 is 10.8. The highest BCUT2D eigenvalue weighted by molar-refractivity contribution is 5.88.